The fraction of sp³-hybridized carbons (Fsp3) is 0.667. The van der Waals surface area contributed by atoms with E-state index in [9.17, 15) is 4.79 Å². The van der Waals surface area contributed by atoms with E-state index in [4.69, 9.17) is 9.84 Å². The van der Waals surface area contributed by atoms with Crippen molar-refractivity contribution in [2.24, 2.45) is 0 Å². The molecule has 0 aromatic rings. The summed E-state index contributed by atoms with van der Waals surface area (Å²) in [5, 5.41) is 11.6. The number of carbonyl (C=O) groups is 1. The molecule has 1 rings (SSSR count). The van der Waals surface area contributed by atoms with Gasteiger partial charge in [0.25, 0.3) is 0 Å². The smallest absolute Gasteiger partial charge is 0.243 e. The third-order valence-electron chi connectivity index (χ3n) is 2.12. The van der Waals surface area contributed by atoms with Gasteiger partial charge < -0.3 is 15.2 Å². The summed E-state index contributed by atoms with van der Waals surface area (Å²) >= 11 is 0. The van der Waals surface area contributed by atoms with Crippen LogP contribution in [0.5, 0.6) is 0 Å². The number of amides is 1. The molecule has 2 atom stereocenters. The van der Waals surface area contributed by atoms with Crippen LogP contribution in [0.25, 0.3) is 0 Å². The Morgan fingerprint density at radius 1 is 1.85 bits per heavy atom. The Hall–Kier alpha value is -0.870. The second-order valence-electron chi connectivity index (χ2n) is 3.05. The van der Waals surface area contributed by atoms with Gasteiger partial charge in [-0.3, -0.25) is 4.79 Å². The van der Waals surface area contributed by atoms with Crippen LogP contribution in [0.1, 0.15) is 12.8 Å². The zero-order valence-electron chi connectivity index (χ0n) is 7.53. The molecule has 1 amide bonds. The van der Waals surface area contributed by atoms with Gasteiger partial charge in [-0.25, -0.2) is 0 Å². The first-order chi connectivity index (χ1) is 6.27. The summed E-state index contributed by atoms with van der Waals surface area (Å²) in [6.07, 6.45) is 3.03. The minimum atomic E-state index is -0.298. The van der Waals surface area contributed by atoms with Crippen LogP contribution in [0.2, 0.25) is 0 Å². The Bertz CT molecular complexity index is 187. The van der Waals surface area contributed by atoms with E-state index in [-0.39, 0.29) is 24.7 Å². The molecule has 4 nitrogen and oxygen atoms in total. The molecule has 0 aromatic heterocycles. The van der Waals surface area contributed by atoms with Crippen molar-refractivity contribution in [2.45, 2.75) is 25.0 Å². The Balaban J connectivity index is 2.41. The highest BCUT2D eigenvalue weighted by atomic mass is 16.5. The quantitative estimate of drug-likeness (QED) is 0.598. The molecule has 0 spiro atoms. The molecule has 2 N–H and O–H groups in total. The van der Waals surface area contributed by atoms with E-state index in [0.717, 1.165) is 12.8 Å². The molecule has 1 heterocycles. The lowest BCUT2D eigenvalue weighted by atomic mass is 10.1. The fourth-order valence-electron chi connectivity index (χ4n) is 1.42. The third-order valence-corrected chi connectivity index (χ3v) is 2.12. The van der Waals surface area contributed by atoms with Crippen LogP contribution in [0, 0.1) is 0 Å². The van der Waals surface area contributed by atoms with E-state index >= 15 is 0 Å². The number of carbonyl (C=O) groups excluding carboxylic acids is 1. The zero-order chi connectivity index (χ0) is 9.68. The van der Waals surface area contributed by atoms with Crippen LogP contribution < -0.4 is 5.32 Å². The van der Waals surface area contributed by atoms with Crippen LogP contribution >= 0.6 is 0 Å². The molecule has 1 aliphatic heterocycles. The number of aliphatic hydroxyl groups is 1. The lowest BCUT2D eigenvalue weighted by Gasteiger charge is -2.21. The molecule has 13 heavy (non-hydrogen) atoms. The van der Waals surface area contributed by atoms with Gasteiger partial charge in [-0.1, -0.05) is 6.58 Å². The molecule has 0 radical (unpaired) electrons. The van der Waals surface area contributed by atoms with Gasteiger partial charge in [-0.2, -0.15) is 0 Å². The number of nitrogens with one attached hydrogen (secondary N) is 1. The SMILES string of the molecule is C=CC(=O)N[C@H](CO)[C@@H]1CCCO1. The van der Waals surface area contributed by atoms with Gasteiger partial charge in [-0.05, 0) is 18.9 Å². The predicted octanol–water partition coefficient (Wildman–Crippen LogP) is -0.172. The standard InChI is InChI=1S/C9H15NO3/c1-2-9(12)10-7(6-11)8-4-3-5-13-8/h2,7-8,11H,1,3-6H2,(H,10,12)/t7-,8+/m1/s1. The molecule has 0 aliphatic carbocycles. The van der Waals surface area contributed by atoms with Gasteiger partial charge in [0.05, 0.1) is 18.8 Å². The second-order valence-corrected chi connectivity index (χ2v) is 3.05. The number of aliphatic hydroxyl groups excluding tert-OH is 1. The molecular formula is C9H15NO3. The molecule has 4 heteroatoms. The van der Waals surface area contributed by atoms with Crippen LogP contribution in [0.4, 0.5) is 0 Å². The van der Waals surface area contributed by atoms with Crippen molar-refractivity contribution in [3.8, 4) is 0 Å². The molecule has 74 valence electrons. The van der Waals surface area contributed by atoms with E-state index in [2.05, 4.69) is 11.9 Å². The highest BCUT2D eigenvalue weighted by Crippen LogP contribution is 2.15. The zero-order valence-corrected chi connectivity index (χ0v) is 7.53. The van der Waals surface area contributed by atoms with Crippen molar-refractivity contribution >= 4 is 5.91 Å². The Kier molecular flexibility index (Phi) is 3.92. The summed E-state index contributed by atoms with van der Waals surface area (Å²) in [4.78, 5) is 10.9. The Labute approximate surface area is 77.6 Å². The maximum Gasteiger partial charge on any atom is 0.243 e. The summed E-state index contributed by atoms with van der Waals surface area (Å²) in [5.74, 6) is -0.269. The Morgan fingerprint density at radius 2 is 2.62 bits per heavy atom. The average molecular weight is 185 g/mol. The molecule has 0 bridgehead atoms. The molecule has 1 saturated heterocycles. The van der Waals surface area contributed by atoms with Crippen molar-refractivity contribution in [3.63, 3.8) is 0 Å². The minimum Gasteiger partial charge on any atom is -0.394 e. The average Bonchev–Trinajstić information content (AvgIpc) is 2.66. The van der Waals surface area contributed by atoms with E-state index in [1.807, 2.05) is 0 Å². The van der Waals surface area contributed by atoms with Crippen LogP contribution in [0.3, 0.4) is 0 Å². The number of ether oxygens (including phenoxy) is 1. The predicted molar refractivity (Wildman–Crippen MR) is 48.2 cm³/mol. The van der Waals surface area contributed by atoms with Crippen molar-refractivity contribution in [1.29, 1.82) is 0 Å². The van der Waals surface area contributed by atoms with Gasteiger partial charge in [0.15, 0.2) is 0 Å². The minimum absolute atomic E-state index is 0.0473. The summed E-state index contributed by atoms with van der Waals surface area (Å²) in [5.41, 5.74) is 0. The number of hydrogen-bond donors (Lipinski definition) is 2. The molecule has 1 fully saturated rings. The summed E-state index contributed by atoms with van der Waals surface area (Å²) in [6, 6.07) is -0.298. The summed E-state index contributed by atoms with van der Waals surface area (Å²) in [7, 11) is 0. The van der Waals surface area contributed by atoms with Crippen LogP contribution in [-0.4, -0.2) is 36.4 Å². The lowest BCUT2D eigenvalue weighted by molar-refractivity contribution is -0.118. The first-order valence-electron chi connectivity index (χ1n) is 4.43. The van der Waals surface area contributed by atoms with Crippen molar-refractivity contribution in [3.05, 3.63) is 12.7 Å². The van der Waals surface area contributed by atoms with E-state index in [1.165, 1.54) is 6.08 Å². The van der Waals surface area contributed by atoms with Gasteiger partial charge in [0.2, 0.25) is 5.91 Å². The summed E-state index contributed by atoms with van der Waals surface area (Å²) < 4.78 is 5.34. The van der Waals surface area contributed by atoms with Gasteiger partial charge in [0.1, 0.15) is 0 Å². The summed E-state index contributed by atoms with van der Waals surface area (Å²) in [6.45, 7) is 3.96. The van der Waals surface area contributed by atoms with E-state index in [0.29, 0.717) is 6.61 Å². The van der Waals surface area contributed by atoms with Crippen LogP contribution in [-0.2, 0) is 9.53 Å². The Morgan fingerprint density at radius 3 is 3.08 bits per heavy atom. The fourth-order valence-corrected chi connectivity index (χ4v) is 1.42. The van der Waals surface area contributed by atoms with Crippen molar-refractivity contribution in [1.82, 2.24) is 5.32 Å². The van der Waals surface area contributed by atoms with Crippen molar-refractivity contribution in [2.75, 3.05) is 13.2 Å². The van der Waals surface area contributed by atoms with E-state index in [1.54, 1.807) is 0 Å². The van der Waals surface area contributed by atoms with Crippen LogP contribution in [0.15, 0.2) is 12.7 Å². The normalized spacial score (nSPS) is 23.9. The molecule has 0 unspecified atom stereocenters. The van der Waals surface area contributed by atoms with Gasteiger partial charge >= 0.3 is 0 Å². The van der Waals surface area contributed by atoms with Crippen molar-refractivity contribution < 1.29 is 14.6 Å². The van der Waals surface area contributed by atoms with Gasteiger partial charge in [-0.15, -0.1) is 0 Å². The third kappa shape index (κ3) is 2.82. The number of hydrogen-bond acceptors (Lipinski definition) is 3. The molecule has 0 aromatic carbocycles. The maximum absolute atomic E-state index is 10.9. The topological polar surface area (TPSA) is 58.6 Å². The largest absolute Gasteiger partial charge is 0.394 e. The molecular weight excluding hydrogens is 170 g/mol. The molecule has 0 saturated carbocycles. The maximum atomic E-state index is 10.9. The highest BCUT2D eigenvalue weighted by molar-refractivity contribution is 5.87. The second kappa shape index (κ2) is 4.99. The lowest BCUT2D eigenvalue weighted by Crippen LogP contribution is -2.44. The monoisotopic (exact) mass is 185 g/mol. The van der Waals surface area contributed by atoms with Gasteiger partial charge in [0, 0.05) is 6.61 Å². The first-order valence-corrected chi connectivity index (χ1v) is 4.43. The molecule has 1 aliphatic rings. The highest BCUT2D eigenvalue weighted by Gasteiger charge is 2.25. The van der Waals surface area contributed by atoms with E-state index < -0.39 is 0 Å². The first kappa shape index (κ1) is 10.2. The number of rotatable bonds is 4.